The van der Waals surface area contributed by atoms with Gasteiger partial charge in [-0.3, -0.25) is 4.79 Å². The highest BCUT2D eigenvalue weighted by atomic mass is 16.1. The molecule has 0 rings (SSSR count). The second-order valence-corrected chi connectivity index (χ2v) is 4.71. The molecule has 0 saturated heterocycles. The summed E-state index contributed by atoms with van der Waals surface area (Å²) in [6.45, 7) is 6.96. The van der Waals surface area contributed by atoms with Crippen molar-refractivity contribution in [2.24, 2.45) is 0 Å². The molecule has 0 aliphatic carbocycles. The third kappa shape index (κ3) is 9.34. The standard InChI is InChI=1S/C10H22N2O/c1-10(2,3)11-9(13)7-6-8-12(4)5/h6-8H2,1-5H3,(H,11,13). The molecule has 0 radical (unpaired) electrons. The van der Waals surface area contributed by atoms with Crippen LogP contribution in [0.4, 0.5) is 0 Å². The quantitative estimate of drug-likeness (QED) is 0.716. The molecule has 1 N–H and O–H groups in total. The summed E-state index contributed by atoms with van der Waals surface area (Å²) in [5.74, 6) is 0.148. The Bertz CT molecular complexity index is 159. The summed E-state index contributed by atoms with van der Waals surface area (Å²) in [5.41, 5.74) is -0.102. The van der Waals surface area contributed by atoms with Gasteiger partial charge in [0.25, 0.3) is 0 Å². The predicted octanol–water partition coefficient (Wildman–Crippen LogP) is 1.24. The molecule has 78 valence electrons. The predicted molar refractivity (Wildman–Crippen MR) is 55.7 cm³/mol. The minimum atomic E-state index is -0.102. The lowest BCUT2D eigenvalue weighted by Crippen LogP contribution is -2.40. The van der Waals surface area contributed by atoms with Gasteiger partial charge in [0.05, 0.1) is 0 Å². The van der Waals surface area contributed by atoms with Crippen LogP contribution in [0.25, 0.3) is 0 Å². The van der Waals surface area contributed by atoms with Gasteiger partial charge in [-0.2, -0.15) is 0 Å². The molecule has 0 saturated carbocycles. The lowest BCUT2D eigenvalue weighted by molar-refractivity contribution is -0.122. The Hall–Kier alpha value is -0.570. The number of hydrogen-bond donors (Lipinski definition) is 1. The highest BCUT2D eigenvalue weighted by molar-refractivity contribution is 5.76. The SMILES string of the molecule is CN(C)CCCC(=O)NC(C)(C)C. The summed E-state index contributed by atoms with van der Waals surface area (Å²) in [5, 5.41) is 2.94. The van der Waals surface area contributed by atoms with Crippen LogP contribution in [0.2, 0.25) is 0 Å². The Labute approximate surface area is 81.5 Å². The first kappa shape index (κ1) is 12.4. The fraction of sp³-hybridized carbons (Fsp3) is 0.900. The van der Waals surface area contributed by atoms with Crippen LogP contribution in [0.5, 0.6) is 0 Å². The molecule has 0 aromatic heterocycles. The van der Waals surface area contributed by atoms with Crippen molar-refractivity contribution in [2.75, 3.05) is 20.6 Å². The van der Waals surface area contributed by atoms with Crippen LogP contribution in [0.3, 0.4) is 0 Å². The van der Waals surface area contributed by atoms with E-state index in [0.29, 0.717) is 6.42 Å². The fourth-order valence-corrected chi connectivity index (χ4v) is 1.04. The van der Waals surface area contributed by atoms with E-state index in [4.69, 9.17) is 0 Å². The molecule has 0 aromatic carbocycles. The summed E-state index contributed by atoms with van der Waals surface area (Å²) in [4.78, 5) is 13.4. The van der Waals surface area contributed by atoms with E-state index >= 15 is 0 Å². The number of rotatable bonds is 4. The van der Waals surface area contributed by atoms with E-state index < -0.39 is 0 Å². The molecular weight excluding hydrogens is 164 g/mol. The normalized spacial score (nSPS) is 11.8. The number of carbonyl (C=O) groups is 1. The van der Waals surface area contributed by atoms with Gasteiger partial charge in [-0.15, -0.1) is 0 Å². The largest absolute Gasteiger partial charge is 0.352 e. The van der Waals surface area contributed by atoms with Gasteiger partial charge in [-0.1, -0.05) is 0 Å². The Kier molecular flexibility index (Phi) is 4.99. The summed E-state index contributed by atoms with van der Waals surface area (Å²) in [7, 11) is 4.03. The van der Waals surface area contributed by atoms with Crippen LogP contribution in [0, 0.1) is 0 Å². The zero-order chi connectivity index (χ0) is 10.5. The lowest BCUT2D eigenvalue weighted by Gasteiger charge is -2.20. The highest BCUT2D eigenvalue weighted by Gasteiger charge is 2.12. The number of nitrogens with one attached hydrogen (secondary N) is 1. The first-order valence-corrected chi connectivity index (χ1v) is 4.77. The number of amides is 1. The third-order valence-electron chi connectivity index (χ3n) is 1.52. The van der Waals surface area contributed by atoms with Gasteiger partial charge >= 0.3 is 0 Å². The molecule has 0 heterocycles. The van der Waals surface area contributed by atoms with Crippen molar-refractivity contribution in [3.63, 3.8) is 0 Å². The van der Waals surface area contributed by atoms with E-state index in [0.717, 1.165) is 13.0 Å². The van der Waals surface area contributed by atoms with Gasteiger partial charge in [-0.25, -0.2) is 0 Å². The summed E-state index contributed by atoms with van der Waals surface area (Å²) in [6.07, 6.45) is 1.55. The minimum Gasteiger partial charge on any atom is -0.352 e. The van der Waals surface area contributed by atoms with E-state index in [1.807, 2.05) is 34.9 Å². The molecule has 0 atom stereocenters. The van der Waals surface area contributed by atoms with Gasteiger partial charge in [0.15, 0.2) is 0 Å². The van der Waals surface area contributed by atoms with Crippen LogP contribution < -0.4 is 5.32 Å². The maximum absolute atomic E-state index is 11.3. The average molecular weight is 186 g/mol. The highest BCUT2D eigenvalue weighted by Crippen LogP contribution is 2.00. The lowest BCUT2D eigenvalue weighted by atomic mass is 10.1. The van der Waals surface area contributed by atoms with Crippen LogP contribution in [0.15, 0.2) is 0 Å². The monoisotopic (exact) mass is 186 g/mol. The molecule has 13 heavy (non-hydrogen) atoms. The van der Waals surface area contributed by atoms with Crippen molar-refractivity contribution in [3.05, 3.63) is 0 Å². The maximum atomic E-state index is 11.3. The molecule has 0 aliphatic rings. The van der Waals surface area contributed by atoms with Crippen molar-refractivity contribution in [3.8, 4) is 0 Å². The van der Waals surface area contributed by atoms with Crippen molar-refractivity contribution in [2.45, 2.75) is 39.2 Å². The van der Waals surface area contributed by atoms with Crippen LogP contribution >= 0.6 is 0 Å². The summed E-state index contributed by atoms with van der Waals surface area (Å²) < 4.78 is 0. The zero-order valence-electron chi connectivity index (χ0n) is 9.48. The number of carbonyl (C=O) groups excluding carboxylic acids is 1. The molecule has 3 heteroatoms. The molecule has 3 nitrogen and oxygen atoms in total. The van der Waals surface area contributed by atoms with E-state index in [1.54, 1.807) is 0 Å². The summed E-state index contributed by atoms with van der Waals surface area (Å²) in [6, 6.07) is 0. The van der Waals surface area contributed by atoms with Crippen LogP contribution in [0.1, 0.15) is 33.6 Å². The second kappa shape index (κ2) is 5.22. The van der Waals surface area contributed by atoms with Crippen LogP contribution in [-0.4, -0.2) is 37.0 Å². The Morgan fingerprint density at radius 3 is 2.23 bits per heavy atom. The van der Waals surface area contributed by atoms with Gasteiger partial charge in [0.1, 0.15) is 0 Å². The van der Waals surface area contributed by atoms with Gasteiger partial charge in [0.2, 0.25) is 5.91 Å². The zero-order valence-corrected chi connectivity index (χ0v) is 9.48. The Balaban J connectivity index is 3.53. The fourth-order valence-electron chi connectivity index (χ4n) is 1.04. The van der Waals surface area contributed by atoms with Gasteiger partial charge < -0.3 is 10.2 Å². The Morgan fingerprint density at radius 2 is 1.85 bits per heavy atom. The molecule has 1 amide bonds. The van der Waals surface area contributed by atoms with E-state index in [9.17, 15) is 4.79 Å². The average Bonchev–Trinajstić information content (AvgIpc) is 1.81. The van der Waals surface area contributed by atoms with Crippen molar-refractivity contribution in [1.29, 1.82) is 0 Å². The second-order valence-electron chi connectivity index (χ2n) is 4.71. The molecule has 0 spiro atoms. The van der Waals surface area contributed by atoms with Gasteiger partial charge in [0, 0.05) is 12.0 Å². The molecule has 0 unspecified atom stereocenters. The smallest absolute Gasteiger partial charge is 0.220 e. The van der Waals surface area contributed by atoms with Gasteiger partial charge in [-0.05, 0) is 47.8 Å². The van der Waals surface area contributed by atoms with Crippen molar-refractivity contribution < 1.29 is 4.79 Å². The van der Waals surface area contributed by atoms with Crippen LogP contribution in [-0.2, 0) is 4.79 Å². The van der Waals surface area contributed by atoms with Crippen molar-refractivity contribution in [1.82, 2.24) is 10.2 Å². The van der Waals surface area contributed by atoms with E-state index in [-0.39, 0.29) is 11.4 Å². The molecule has 0 aliphatic heterocycles. The summed E-state index contributed by atoms with van der Waals surface area (Å²) >= 11 is 0. The molecule has 0 aromatic rings. The molecule has 0 fully saturated rings. The van der Waals surface area contributed by atoms with E-state index in [2.05, 4.69) is 10.2 Å². The number of nitrogens with zero attached hydrogens (tertiary/aromatic N) is 1. The first-order chi connectivity index (χ1) is 5.81. The number of hydrogen-bond acceptors (Lipinski definition) is 2. The molecular formula is C10H22N2O. The molecule has 0 bridgehead atoms. The third-order valence-corrected chi connectivity index (χ3v) is 1.52. The minimum absolute atomic E-state index is 0.102. The Morgan fingerprint density at radius 1 is 1.31 bits per heavy atom. The first-order valence-electron chi connectivity index (χ1n) is 4.77. The van der Waals surface area contributed by atoms with Crippen molar-refractivity contribution >= 4 is 5.91 Å². The maximum Gasteiger partial charge on any atom is 0.220 e. The van der Waals surface area contributed by atoms with E-state index in [1.165, 1.54) is 0 Å². The topological polar surface area (TPSA) is 32.3 Å².